The number of amidine groups is 1. The molecule has 0 aromatic heterocycles. The Bertz CT molecular complexity index is 1110. The second kappa shape index (κ2) is 8.28. The quantitative estimate of drug-likeness (QED) is 0.119. The van der Waals surface area contributed by atoms with E-state index in [1.54, 1.807) is 12.1 Å². The fourth-order valence-corrected chi connectivity index (χ4v) is 4.16. The number of hydrogen-bond acceptors (Lipinski definition) is 4. The van der Waals surface area contributed by atoms with E-state index in [2.05, 4.69) is 51.9 Å². The second-order valence-electron chi connectivity index (χ2n) is 6.65. The SMILES string of the molecule is N/N=C(/CSc1ccc(C(=O)Nc2ccc3c(c2)Cc2ccccc2-3)cc1)N=[NH2+]. The highest BCUT2D eigenvalue weighted by atomic mass is 32.2. The van der Waals surface area contributed by atoms with Gasteiger partial charge < -0.3 is 11.2 Å². The number of nitrogens with zero attached hydrogens (tertiary/aromatic N) is 2. The maximum Gasteiger partial charge on any atom is 0.255 e. The van der Waals surface area contributed by atoms with Gasteiger partial charge in [0.25, 0.3) is 5.91 Å². The smallest absolute Gasteiger partial charge is 0.255 e. The third-order valence-corrected chi connectivity index (χ3v) is 5.84. The Kier molecular flexibility index (Phi) is 5.39. The van der Waals surface area contributed by atoms with E-state index in [1.807, 2.05) is 18.2 Å². The normalized spacial score (nSPS) is 12.2. The average molecular weight is 403 g/mol. The summed E-state index contributed by atoms with van der Waals surface area (Å²) in [7, 11) is 0. The van der Waals surface area contributed by atoms with E-state index in [9.17, 15) is 4.79 Å². The molecule has 144 valence electrons. The number of amides is 1. The van der Waals surface area contributed by atoms with Crippen LogP contribution in [0.5, 0.6) is 0 Å². The van der Waals surface area contributed by atoms with Crippen LogP contribution >= 0.6 is 11.8 Å². The van der Waals surface area contributed by atoms with E-state index < -0.39 is 0 Å². The number of rotatable bonds is 5. The van der Waals surface area contributed by atoms with E-state index in [1.165, 1.54) is 34.0 Å². The lowest BCUT2D eigenvalue weighted by molar-refractivity contribution is -0.207. The summed E-state index contributed by atoms with van der Waals surface area (Å²) in [5.74, 6) is 5.89. The Morgan fingerprint density at radius 1 is 1.03 bits per heavy atom. The molecule has 0 heterocycles. The predicted octanol–water partition coefficient (Wildman–Crippen LogP) is 3.09. The van der Waals surface area contributed by atoms with Gasteiger partial charge in [0.05, 0.1) is 5.75 Å². The van der Waals surface area contributed by atoms with Crippen molar-refractivity contribution < 1.29 is 10.3 Å². The average Bonchev–Trinajstić information content (AvgIpc) is 3.12. The van der Waals surface area contributed by atoms with Gasteiger partial charge >= 0.3 is 0 Å². The highest BCUT2D eigenvalue weighted by Crippen LogP contribution is 2.37. The zero-order chi connectivity index (χ0) is 20.2. The summed E-state index contributed by atoms with van der Waals surface area (Å²) in [5.41, 5.74) is 11.7. The molecule has 3 aromatic carbocycles. The summed E-state index contributed by atoms with van der Waals surface area (Å²) >= 11 is 1.49. The number of hydrogen-bond donors (Lipinski definition) is 3. The topological polar surface area (TPSA) is 105 Å². The van der Waals surface area contributed by atoms with Gasteiger partial charge in [-0.15, -0.1) is 11.8 Å². The molecule has 5 N–H and O–H groups in total. The van der Waals surface area contributed by atoms with Crippen LogP contribution in [-0.2, 0) is 6.42 Å². The van der Waals surface area contributed by atoms with Crippen LogP contribution in [0.1, 0.15) is 21.5 Å². The minimum absolute atomic E-state index is 0.141. The molecule has 0 saturated heterocycles. The zero-order valence-electron chi connectivity index (χ0n) is 15.6. The zero-order valence-corrected chi connectivity index (χ0v) is 16.4. The Labute approximate surface area is 172 Å². The van der Waals surface area contributed by atoms with Crippen LogP contribution < -0.4 is 16.7 Å². The van der Waals surface area contributed by atoms with Crippen LogP contribution in [0.3, 0.4) is 0 Å². The number of hydrazone groups is 1. The van der Waals surface area contributed by atoms with Crippen molar-refractivity contribution in [1.29, 1.82) is 0 Å². The van der Waals surface area contributed by atoms with Crippen molar-refractivity contribution in [3.8, 4) is 11.1 Å². The largest absolute Gasteiger partial charge is 0.322 e. The Balaban J connectivity index is 1.42. The minimum Gasteiger partial charge on any atom is -0.322 e. The van der Waals surface area contributed by atoms with Gasteiger partial charge in [0.2, 0.25) is 5.84 Å². The first-order valence-electron chi connectivity index (χ1n) is 9.11. The van der Waals surface area contributed by atoms with Crippen LogP contribution in [0.4, 0.5) is 5.69 Å². The summed E-state index contributed by atoms with van der Waals surface area (Å²) in [6, 6.07) is 21.8. The van der Waals surface area contributed by atoms with Crippen molar-refractivity contribution in [1.82, 2.24) is 0 Å². The van der Waals surface area contributed by atoms with Gasteiger partial charge in [-0.1, -0.05) is 30.3 Å². The lowest BCUT2D eigenvalue weighted by atomic mass is 10.1. The summed E-state index contributed by atoms with van der Waals surface area (Å²) in [6.07, 6.45) is 0.893. The molecule has 0 bridgehead atoms. The van der Waals surface area contributed by atoms with Crippen LogP contribution in [0, 0.1) is 0 Å². The number of anilines is 1. The van der Waals surface area contributed by atoms with Gasteiger partial charge in [-0.3, -0.25) is 4.79 Å². The molecule has 0 radical (unpaired) electrons. The molecule has 0 spiro atoms. The molecule has 1 amide bonds. The van der Waals surface area contributed by atoms with E-state index in [0.717, 1.165) is 17.0 Å². The molecular weight excluding hydrogens is 382 g/mol. The van der Waals surface area contributed by atoms with Crippen molar-refractivity contribution in [2.75, 3.05) is 11.1 Å². The van der Waals surface area contributed by atoms with Crippen molar-refractivity contribution in [3.05, 3.63) is 83.4 Å². The number of nitrogens with one attached hydrogen (secondary N) is 1. The number of nitrogens with two attached hydrogens (primary N) is 2. The van der Waals surface area contributed by atoms with Crippen molar-refractivity contribution in [2.24, 2.45) is 16.1 Å². The highest BCUT2D eigenvalue weighted by molar-refractivity contribution is 8.00. The van der Waals surface area contributed by atoms with Crippen molar-refractivity contribution >= 4 is 29.2 Å². The van der Waals surface area contributed by atoms with Crippen molar-refractivity contribution in [3.63, 3.8) is 0 Å². The molecule has 4 rings (SSSR count). The van der Waals surface area contributed by atoms with Crippen LogP contribution in [-0.4, -0.2) is 17.5 Å². The number of thioether (sulfide) groups is 1. The molecular formula is C22H20N5OS+. The Morgan fingerprint density at radius 2 is 1.79 bits per heavy atom. The molecule has 0 unspecified atom stereocenters. The molecule has 1 aliphatic carbocycles. The number of carbonyl (C=O) groups excluding carboxylic acids is 1. The van der Waals surface area contributed by atoms with E-state index in [4.69, 9.17) is 11.4 Å². The summed E-state index contributed by atoms with van der Waals surface area (Å²) in [5, 5.41) is 9.97. The minimum atomic E-state index is -0.141. The predicted molar refractivity (Wildman–Crippen MR) is 116 cm³/mol. The summed E-state index contributed by atoms with van der Waals surface area (Å²) in [4.78, 5) is 13.6. The molecule has 3 aromatic rings. The van der Waals surface area contributed by atoms with Crippen LogP contribution in [0.25, 0.3) is 11.1 Å². The summed E-state index contributed by atoms with van der Waals surface area (Å²) in [6.45, 7) is 0. The second-order valence-corrected chi connectivity index (χ2v) is 7.70. The van der Waals surface area contributed by atoms with Crippen molar-refractivity contribution in [2.45, 2.75) is 11.3 Å². The maximum atomic E-state index is 12.6. The lowest BCUT2D eigenvalue weighted by Gasteiger charge is -2.08. The first-order valence-corrected chi connectivity index (χ1v) is 10.1. The molecule has 0 atom stereocenters. The Morgan fingerprint density at radius 3 is 2.55 bits per heavy atom. The van der Waals surface area contributed by atoms with E-state index in [-0.39, 0.29) is 5.91 Å². The van der Waals surface area contributed by atoms with Gasteiger partial charge in [-0.2, -0.15) is 10.6 Å². The van der Waals surface area contributed by atoms with Gasteiger partial charge in [0.15, 0.2) is 0 Å². The van der Waals surface area contributed by atoms with Gasteiger partial charge in [0.1, 0.15) is 0 Å². The third-order valence-electron chi connectivity index (χ3n) is 4.83. The fraction of sp³-hybridized carbons (Fsp3) is 0.0909. The summed E-state index contributed by atoms with van der Waals surface area (Å²) < 4.78 is 0. The monoisotopic (exact) mass is 402 g/mol. The molecule has 0 saturated carbocycles. The Hall–Kier alpha value is -3.45. The molecule has 6 nitrogen and oxygen atoms in total. The van der Waals surface area contributed by atoms with Gasteiger partial charge in [-0.05, 0) is 65.1 Å². The van der Waals surface area contributed by atoms with Gasteiger partial charge in [0, 0.05) is 21.3 Å². The van der Waals surface area contributed by atoms with Crippen LogP contribution in [0.15, 0.2) is 81.8 Å². The first-order chi connectivity index (χ1) is 14.2. The standard InChI is InChI=1S/C22H19N5OS/c23-26-21(27-24)13-29-18-8-5-14(6-9-18)22(28)25-17-7-10-20-16(12-17)11-15-3-1-2-4-19(15)20/h1-10,12,23H,11,13,24H2,(H,25,28)/p+1/b26-23?,27-21-. The van der Waals surface area contributed by atoms with E-state index >= 15 is 0 Å². The number of fused-ring (bicyclic) bond motifs is 3. The maximum absolute atomic E-state index is 12.6. The highest BCUT2D eigenvalue weighted by Gasteiger charge is 2.18. The fourth-order valence-electron chi connectivity index (χ4n) is 3.38. The molecule has 0 aliphatic heterocycles. The van der Waals surface area contributed by atoms with Gasteiger partial charge in [-0.25, -0.2) is 0 Å². The lowest BCUT2D eigenvalue weighted by Crippen LogP contribution is -2.27. The molecule has 29 heavy (non-hydrogen) atoms. The number of carbonyl (C=O) groups is 1. The van der Waals surface area contributed by atoms with E-state index in [0.29, 0.717) is 17.2 Å². The molecule has 7 heteroatoms. The molecule has 0 fully saturated rings. The van der Waals surface area contributed by atoms with Crippen LogP contribution in [0.2, 0.25) is 0 Å². The third kappa shape index (κ3) is 4.05. The first kappa shape index (κ1) is 18.9. The molecule has 1 aliphatic rings. The number of benzene rings is 3.